The zero-order valence-corrected chi connectivity index (χ0v) is 20.7. The van der Waals surface area contributed by atoms with Crippen molar-refractivity contribution in [1.82, 2.24) is 4.90 Å². The number of hydrogen-bond donors (Lipinski definition) is 1. The average Bonchev–Trinajstić information content (AvgIpc) is 3.02. The van der Waals surface area contributed by atoms with E-state index in [2.05, 4.69) is 26.0 Å². The summed E-state index contributed by atoms with van der Waals surface area (Å²) in [6, 6.07) is 10.0. The lowest BCUT2D eigenvalue weighted by molar-refractivity contribution is -0.142. The molecule has 172 valence electrons. The molecule has 1 aliphatic rings. The molecule has 3 rings (SSSR count). The molecule has 3 amide bonds. The van der Waals surface area contributed by atoms with E-state index in [1.165, 1.54) is 13.2 Å². The fourth-order valence-corrected chi connectivity index (χ4v) is 4.14. The Balaban J connectivity index is 1.74. The number of nitrogens with one attached hydrogen (secondary N) is 1. The highest BCUT2D eigenvalue weighted by Gasteiger charge is 2.36. The van der Waals surface area contributed by atoms with Crippen LogP contribution in [0.2, 0.25) is 5.02 Å². The van der Waals surface area contributed by atoms with Crippen LogP contribution in [0.4, 0.5) is 10.5 Å². The Morgan fingerprint density at radius 3 is 2.67 bits per heavy atom. The lowest BCUT2D eigenvalue weighted by atomic mass is 10.2. The number of rotatable bonds is 7. The Bertz CT molecular complexity index is 1170. The molecule has 2 aromatic carbocycles. The van der Waals surface area contributed by atoms with Gasteiger partial charge in [0.05, 0.1) is 12.0 Å². The van der Waals surface area contributed by atoms with Crippen LogP contribution < -0.4 is 10.1 Å². The maximum atomic E-state index is 12.8. The van der Waals surface area contributed by atoms with Gasteiger partial charge in [-0.05, 0) is 60.7 Å². The molecule has 1 aliphatic heterocycles. The third-order valence-corrected chi connectivity index (χ3v) is 6.27. The van der Waals surface area contributed by atoms with Crippen LogP contribution in [-0.2, 0) is 19.1 Å². The minimum atomic E-state index is -0.610. The number of imide groups is 1. The summed E-state index contributed by atoms with van der Waals surface area (Å²) in [6.07, 6.45) is 1.47. The van der Waals surface area contributed by atoms with E-state index in [1.807, 2.05) is 6.92 Å². The number of anilines is 1. The van der Waals surface area contributed by atoms with E-state index >= 15 is 0 Å². The minimum absolute atomic E-state index is 0.118. The van der Waals surface area contributed by atoms with Gasteiger partial charge in [-0.3, -0.25) is 19.3 Å². The minimum Gasteiger partial charge on any atom is -0.481 e. The number of ether oxygens (including phenoxy) is 2. The highest BCUT2D eigenvalue weighted by atomic mass is 79.9. The molecular formula is C22H18BrClN2O6S. The molecule has 0 radical (unpaired) electrons. The zero-order valence-electron chi connectivity index (χ0n) is 17.5. The van der Waals surface area contributed by atoms with Gasteiger partial charge in [-0.2, -0.15) is 0 Å². The number of nitrogens with zero attached hydrogens (tertiary/aromatic N) is 1. The van der Waals surface area contributed by atoms with Gasteiger partial charge in [0.2, 0.25) is 5.91 Å². The largest absolute Gasteiger partial charge is 0.481 e. The smallest absolute Gasteiger partial charge is 0.343 e. The van der Waals surface area contributed by atoms with E-state index < -0.39 is 29.6 Å². The predicted molar refractivity (Wildman–Crippen MR) is 129 cm³/mol. The molecule has 1 heterocycles. The predicted octanol–water partition coefficient (Wildman–Crippen LogP) is 4.64. The van der Waals surface area contributed by atoms with Crippen LogP contribution in [0.1, 0.15) is 11.1 Å². The van der Waals surface area contributed by atoms with Gasteiger partial charge >= 0.3 is 5.97 Å². The number of carbonyl (C=O) groups excluding carboxylic acids is 4. The quantitative estimate of drug-likeness (QED) is 0.394. The second-order valence-electron chi connectivity index (χ2n) is 6.83. The first kappa shape index (κ1) is 24.8. The molecule has 2 aromatic rings. The van der Waals surface area contributed by atoms with Gasteiger partial charge in [0.1, 0.15) is 12.3 Å². The number of methoxy groups -OCH3 is 1. The van der Waals surface area contributed by atoms with E-state index in [0.29, 0.717) is 38.3 Å². The maximum Gasteiger partial charge on any atom is 0.343 e. The molecule has 1 saturated heterocycles. The van der Waals surface area contributed by atoms with Crippen LogP contribution in [0.3, 0.4) is 0 Å². The number of hydrogen-bond acceptors (Lipinski definition) is 7. The van der Waals surface area contributed by atoms with Gasteiger partial charge in [0.15, 0.2) is 6.61 Å². The summed E-state index contributed by atoms with van der Waals surface area (Å²) in [5.41, 5.74) is 1.78. The molecule has 0 aromatic heterocycles. The van der Waals surface area contributed by atoms with Gasteiger partial charge in [0, 0.05) is 20.7 Å². The number of benzene rings is 2. The number of halogens is 2. The molecule has 0 spiro atoms. The summed E-state index contributed by atoms with van der Waals surface area (Å²) >= 11 is 10.1. The lowest BCUT2D eigenvalue weighted by Crippen LogP contribution is -2.36. The van der Waals surface area contributed by atoms with E-state index in [-0.39, 0.29) is 11.5 Å². The van der Waals surface area contributed by atoms with Crippen LogP contribution in [0.15, 0.2) is 45.8 Å². The number of carbonyl (C=O) groups is 4. The highest BCUT2D eigenvalue weighted by molar-refractivity contribution is 9.10. The van der Waals surface area contributed by atoms with Gasteiger partial charge in [0.25, 0.3) is 11.1 Å². The van der Waals surface area contributed by atoms with Crippen molar-refractivity contribution in [3.05, 3.63) is 61.9 Å². The van der Waals surface area contributed by atoms with E-state index in [1.54, 1.807) is 36.4 Å². The molecule has 8 nitrogen and oxygen atoms in total. The second-order valence-corrected chi connectivity index (χ2v) is 9.14. The van der Waals surface area contributed by atoms with Crippen molar-refractivity contribution in [2.24, 2.45) is 0 Å². The molecule has 0 bridgehead atoms. The van der Waals surface area contributed by atoms with Crippen molar-refractivity contribution >= 4 is 74.1 Å². The third kappa shape index (κ3) is 6.37. The van der Waals surface area contributed by atoms with Crippen molar-refractivity contribution in [1.29, 1.82) is 0 Å². The Morgan fingerprint density at radius 2 is 1.97 bits per heavy atom. The summed E-state index contributed by atoms with van der Waals surface area (Å²) in [5.74, 6) is -1.39. The van der Waals surface area contributed by atoms with E-state index in [4.69, 9.17) is 16.3 Å². The van der Waals surface area contributed by atoms with Crippen molar-refractivity contribution in [2.45, 2.75) is 6.92 Å². The van der Waals surface area contributed by atoms with Crippen molar-refractivity contribution < 1.29 is 28.7 Å². The standard InChI is InChI=1S/C22H18BrClN2O6S/c1-12-3-5-15(9-16(12)24)25-19(27)10-26-21(29)18(33-22(26)30)8-13-7-14(23)4-6-17(13)32-11-20(28)31-2/h3-9H,10-11H2,1-2H3,(H,25,27)/b18-8+. The first-order valence-electron chi connectivity index (χ1n) is 9.48. The molecule has 1 N–H and O–H groups in total. The Labute approximate surface area is 207 Å². The molecule has 0 atom stereocenters. The molecular weight excluding hydrogens is 536 g/mol. The average molecular weight is 554 g/mol. The molecule has 33 heavy (non-hydrogen) atoms. The Morgan fingerprint density at radius 1 is 1.21 bits per heavy atom. The van der Waals surface area contributed by atoms with Gasteiger partial charge < -0.3 is 14.8 Å². The molecule has 0 unspecified atom stereocenters. The first-order chi connectivity index (χ1) is 15.7. The molecule has 11 heteroatoms. The van der Waals surface area contributed by atoms with Gasteiger partial charge in [-0.15, -0.1) is 0 Å². The number of esters is 1. The number of aryl methyl sites for hydroxylation is 1. The lowest BCUT2D eigenvalue weighted by Gasteiger charge is -2.13. The van der Waals surface area contributed by atoms with E-state index in [9.17, 15) is 19.2 Å². The molecule has 0 saturated carbocycles. The Kier molecular flexibility index (Phi) is 8.17. The van der Waals surface area contributed by atoms with Gasteiger partial charge in [-0.25, -0.2) is 4.79 Å². The number of amides is 3. The van der Waals surface area contributed by atoms with Crippen LogP contribution in [0.5, 0.6) is 5.75 Å². The van der Waals surface area contributed by atoms with Crippen LogP contribution in [-0.4, -0.2) is 48.2 Å². The fraction of sp³-hybridized carbons (Fsp3) is 0.182. The summed E-state index contributed by atoms with van der Waals surface area (Å²) < 4.78 is 10.7. The third-order valence-electron chi connectivity index (χ3n) is 4.46. The summed E-state index contributed by atoms with van der Waals surface area (Å²) in [5, 5.41) is 2.54. The normalized spacial score (nSPS) is 14.5. The molecule has 1 fully saturated rings. The summed E-state index contributed by atoms with van der Waals surface area (Å²) in [4.78, 5) is 50.0. The highest BCUT2D eigenvalue weighted by Crippen LogP contribution is 2.35. The zero-order chi connectivity index (χ0) is 24.1. The van der Waals surface area contributed by atoms with Crippen LogP contribution in [0, 0.1) is 6.92 Å². The van der Waals surface area contributed by atoms with Crippen LogP contribution in [0.25, 0.3) is 6.08 Å². The monoisotopic (exact) mass is 552 g/mol. The SMILES string of the molecule is COC(=O)COc1ccc(Br)cc1/C=C1/SC(=O)N(CC(=O)Nc2ccc(C)c(Cl)c2)C1=O. The molecule has 0 aliphatic carbocycles. The Hall–Kier alpha value is -2.82. The van der Waals surface area contributed by atoms with Crippen LogP contribution >= 0.6 is 39.3 Å². The van der Waals surface area contributed by atoms with Crippen molar-refractivity contribution in [3.8, 4) is 5.75 Å². The fourth-order valence-electron chi connectivity index (χ4n) is 2.75. The number of thioether (sulfide) groups is 1. The van der Waals surface area contributed by atoms with Crippen molar-refractivity contribution in [2.75, 3.05) is 25.6 Å². The summed E-state index contributed by atoms with van der Waals surface area (Å²) in [6.45, 7) is 1.07. The summed E-state index contributed by atoms with van der Waals surface area (Å²) in [7, 11) is 1.24. The van der Waals surface area contributed by atoms with Crippen molar-refractivity contribution in [3.63, 3.8) is 0 Å². The van der Waals surface area contributed by atoms with E-state index in [0.717, 1.165) is 10.5 Å². The topological polar surface area (TPSA) is 102 Å². The first-order valence-corrected chi connectivity index (χ1v) is 11.5. The van der Waals surface area contributed by atoms with Gasteiger partial charge in [-0.1, -0.05) is 33.6 Å². The second kappa shape index (κ2) is 10.9. The maximum absolute atomic E-state index is 12.8.